The Hall–Kier alpha value is -3.01. The molecule has 0 radical (unpaired) electrons. The molecule has 2 heterocycles. The number of nitrogens with zero attached hydrogens (tertiary/aromatic N) is 2. The second-order valence-electron chi connectivity index (χ2n) is 8.63. The topological polar surface area (TPSA) is 88.1 Å². The van der Waals surface area contributed by atoms with Crippen LogP contribution in [0.2, 0.25) is 0 Å². The Morgan fingerprint density at radius 2 is 1.74 bits per heavy atom. The highest BCUT2D eigenvalue weighted by Gasteiger charge is 2.27. The molecule has 0 aliphatic carbocycles. The zero-order valence-electron chi connectivity index (χ0n) is 18.9. The van der Waals surface area contributed by atoms with Crippen molar-refractivity contribution in [3.8, 4) is 0 Å². The summed E-state index contributed by atoms with van der Waals surface area (Å²) in [5.74, 6) is 0.0766. The van der Waals surface area contributed by atoms with Crippen molar-refractivity contribution in [3.05, 3.63) is 88.7 Å². The van der Waals surface area contributed by atoms with Gasteiger partial charge in [0.2, 0.25) is 15.9 Å². The van der Waals surface area contributed by atoms with Gasteiger partial charge in [-0.3, -0.25) is 0 Å². The smallest absolute Gasteiger partial charge is 0.365 e. The number of likely N-dealkylation sites (tertiary alicyclic amines) is 1. The normalized spacial score (nSPS) is 18.2. The van der Waals surface area contributed by atoms with Gasteiger partial charge in [-0.05, 0) is 59.9 Å². The minimum absolute atomic E-state index is 0.222. The Labute approximate surface area is 212 Å². The zero-order valence-corrected chi connectivity index (χ0v) is 21.3. The first-order chi connectivity index (χ1) is 16.9. The first-order valence-electron chi connectivity index (χ1n) is 11.4. The number of carbonyl (C=O) groups excluding carboxylic acids is 1. The standard InChI is InChI=1S/C26H24BrN3O4S/c27-20-8-10-21(11-9-20)35(32,33)28-16-18-12-14-30(15-13-18)17-24-26(31)34-25(29-24)23-7-3-5-19-4-1-2-6-22(19)23/h1-11,17-18,28H,12-16H2/b24-17+. The number of hydrogen-bond donors (Lipinski definition) is 1. The van der Waals surface area contributed by atoms with Crippen molar-refractivity contribution in [2.24, 2.45) is 10.9 Å². The number of hydrogen-bond acceptors (Lipinski definition) is 6. The predicted molar refractivity (Wildman–Crippen MR) is 138 cm³/mol. The lowest BCUT2D eigenvalue weighted by molar-refractivity contribution is -0.130. The minimum atomic E-state index is -3.54. The van der Waals surface area contributed by atoms with E-state index in [2.05, 4.69) is 25.6 Å². The van der Waals surface area contributed by atoms with Crippen LogP contribution in [0.15, 0.2) is 93.0 Å². The van der Waals surface area contributed by atoms with E-state index in [9.17, 15) is 13.2 Å². The molecule has 3 aromatic carbocycles. The van der Waals surface area contributed by atoms with Crippen LogP contribution in [0.1, 0.15) is 18.4 Å². The summed E-state index contributed by atoms with van der Waals surface area (Å²) in [5.41, 5.74) is 1.07. The van der Waals surface area contributed by atoms with Gasteiger partial charge in [-0.2, -0.15) is 0 Å². The second kappa shape index (κ2) is 9.93. The number of benzene rings is 3. The first kappa shape index (κ1) is 23.7. The van der Waals surface area contributed by atoms with Crippen LogP contribution in [-0.2, 0) is 19.6 Å². The molecule has 0 aromatic heterocycles. The van der Waals surface area contributed by atoms with Gasteiger partial charge >= 0.3 is 5.97 Å². The summed E-state index contributed by atoms with van der Waals surface area (Å²) in [4.78, 5) is 19.3. The van der Waals surface area contributed by atoms with Gasteiger partial charge in [0.1, 0.15) is 0 Å². The number of ether oxygens (including phenoxy) is 1. The van der Waals surface area contributed by atoms with Crippen molar-refractivity contribution in [2.45, 2.75) is 17.7 Å². The fourth-order valence-corrected chi connectivity index (χ4v) is 5.69. The Morgan fingerprint density at radius 1 is 1.03 bits per heavy atom. The number of carbonyl (C=O) groups is 1. The van der Waals surface area contributed by atoms with Crippen LogP contribution in [0.5, 0.6) is 0 Å². The van der Waals surface area contributed by atoms with Crippen LogP contribution in [0.25, 0.3) is 10.8 Å². The molecule has 1 N–H and O–H groups in total. The van der Waals surface area contributed by atoms with Crippen LogP contribution in [-0.4, -0.2) is 44.8 Å². The number of cyclic esters (lactones) is 1. The average molecular weight is 554 g/mol. The summed E-state index contributed by atoms with van der Waals surface area (Å²) >= 11 is 3.32. The molecule has 5 rings (SSSR count). The van der Waals surface area contributed by atoms with Gasteiger partial charge in [-0.25, -0.2) is 22.9 Å². The van der Waals surface area contributed by atoms with Gasteiger partial charge in [-0.15, -0.1) is 0 Å². The third-order valence-corrected chi connectivity index (χ3v) is 8.25. The average Bonchev–Trinajstić information content (AvgIpc) is 3.23. The van der Waals surface area contributed by atoms with Crippen molar-refractivity contribution in [1.29, 1.82) is 0 Å². The molecule has 0 unspecified atom stereocenters. The van der Waals surface area contributed by atoms with E-state index in [-0.39, 0.29) is 16.5 Å². The van der Waals surface area contributed by atoms with E-state index in [0.717, 1.165) is 33.7 Å². The molecular formula is C26H24BrN3O4S. The molecular weight excluding hydrogens is 530 g/mol. The quantitative estimate of drug-likeness (QED) is 0.360. The summed E-state index contributed by atoms with van der Waals surface area (Å²) < 4.78 is 34.1. The van der Waals surface area contributed by atoms with Gasteiger partial charge in [0.15, 0.2) is 5.70 Å². The van der Waals surface area contributed by atoms with Gasteiger partial charge in [0.25, 0.3) is 0 Å². The van der Waals surface area contributed by atoms with E-state index in [1.165, 1.54) is 0 Å². The Kier molecular flexibility index (Phi) is 6.73. The van der Waals surface area contributed by atoms with Gasteiger partial charge in [0.05, 0.1) is 4.90 Å². The number of halogens is 1. The number of nitrogens with one attached hydrogen (secondary N) is 1. The van der Waals surface area contributed by atoms with Crippen LogP contribution >= 0.6 is 15.9 Å². The molecule has 180 valence electrons. The largest absolute Gasteiger partial charge is 0.402 e. The molecule has 0 spiro atoms. The van der Waals surface area contributed by atoms with Gasteiger partial charge < -0.3 is 9.64 Å². The first-order valence-corrected chi connectivity index (χ1v) is 13.7. The summed E-state index contributed by atoms with van der Waals surface area (Å²) in [7, 11) is -3.54. The number of fused-ring (bicyclic) bond motifs is 1. The molecule has 1 saturated heterocycles. The van der Waals surface area contributed by atoms with E-state index in [4.69, 9.17) is 4.74 Å². The van der Waals surface area contributed by atoms with E-state index in [1.54, 1.807) is 30.5 Å². The Morgan fingerprint density at radius 3 is 2.51 bits per heavy atom. The molecule has 35 heavy (non-hydrogen) atoms. The maximum absolute atomic E-state index is 12.5. The lowest BCUT2D eigenvalue weighted by atomic mass is 9.97. The number of aliphatic imine (C=N–C) groups is 1. The molecule has 2 aliphatic rings. The summed E-state index contributed by atoms with van der Waals surface area (Å²) in [6, 6.07) is 20.3. The molecule has 7 nitrogen and oxygen atoms in total. The number of piperidine rings is 1. The second-order valence-corrected chi connectivity index (χ2v) is 11.3. The maximum Gasteiger partial charge on any atom is 0.365 e. The van der Waals surface area contributed by atoms with Gasteiger partial charge in [0, 0.05) is 35.9 Å². The highest BCUT2D eigenvalue weighted by Crippen LogP contribution is 2.25. The fourth-order valence-electron chi connectivity index (χ4n) is 4.31. The highest BCUT2D eigenvalue weighted by atomic mass is 79.9. The summed E-state index contributed by atoms with van der Waals surface area (Å²) in [6.07, 6.45) is 3.37. The predicted octanol–water partition coefficient (Wildman–Crippen LogP) is 4.44. The molecule has 2 aliphatic heterocycles. The van der Waals surface area contributed by atoms with E-state index in [1.807, 2.05) is 47.4 Å². The molecule has 0 bridgehead atoms. The minimum Gasteiger partial charge on any atom is -0.402 e. The number of esters is 1. The Balaban J connectivity index is 1.21. The third-order valence-electron chi connectivity index (χ3n) is 6.28. The third kappa shape index (κ3) is 5.32. The number of rotatable bonds is 6. The molecule has 3 aromatic rings. The lowest BCUT2D eigenvalue weighted by Crippen LogP contribution is -2.36. The number of sulfonamides is 1. The van der Waals surface area contributed by atoms with E-state index >= 15 is 0 Å². The monoisotopic (exact) mass is 553 g/mol. The van der Waals surface area contributed by atoms with Crippen LogP contribution in [0.3, 0.4) is 0 Å². The van der Waals surface area contributed by atoms with Crippen molar-refractivity contribution in [1.82, 2.24) is 9.62 Å². The van der Waals surface area contributed by atoms with E-state index < -0.39 is 16.0 Å². The lowest BCUT2D eigenvalue weighted by Gasteiger charge is -2.31. The molecule has 0 saturated carbocycles. The summed E-state index contributed by atoms with van der Waals surface area (Å²) in [6.45, 7) is 1.80. The maximum atomic E-state index is 12.5. The van der Waals surface area contributed by atoms with Crippen molar-refractivity contribution < 1.29 is 17.9 Å². The van der Waals surface area contributed by atoms with Crippen molar-refractivity contribution in [3.63, 3.8) is 0 Å². The SMILES string of the molecule is O=C1OC(c2cccc3ccccc23)=N/C1=C/N1CCC(CNS(=O)(=O)c2ccc(Br)cc2)CC1. The Bertz CT molecular complexity index is 1420. The highest BCUT2D eigenvalue weighted by molar-refractivity contribution is 9.10. The van der Waals surface area contributed by atoms with E-state index in [0.29, 0.717) is 25.5 Å². The van der Waals surface area contributed by atoms with Crippen molar-refractivity contribution in [2.75, 3.05) is 19.6 Å². The molecule has 1 fully saturated rings. The van der Waals surface area contributed by atoms with Crippen LogP contribution in [0.4, 0.5) is 0 Å². The van der Waals surface area contributed by atoms with Gasteiger partial charge in [-0.1, -0.05) is 52.3 Å². The van der Waals surface area contributed by atoms with Crippen LogP contribution in [0, 0.1) is 5.92 Å². The molecule has 0 atom stereocenters. The molecule has 9 heteroatoms. The fraction of sp³-hybridized carbons (Fsp3) is 0.231. The molecule has 0 amide bonds. The van der Waals surface area contributed by atoms with Crippen LogP contribution < -0.4 is 4.72 Å². The zero-order chi connectivity index (χ0) is 24.4. The summed E-state index contributed by atoms with van der Waals surface area (Å²) in [5, 5.41) is 2.04. The van der Waals surface area contributed by atoms with Crippen molar-refractivity contribution >= 4 is 48.6 Å².